The number of nitrogens with zero attached hydrogens (tertiary/aromatic N) is 2. The van der Waals surface area contributed by atoms with E-state index in [-0.39, 0.29) is 0 Å². The molecule has 0 atom stereocenters. The topological polar surface area (TPSA) is 25.4 Å². The highest BCUT2D eigenvalue weighted by Gasteiger charge is 2.01. The van der Waals surface area contributed by atoms with E-state index >= 15 is 0 Å². The van der Waals surface area contributed by atoms with Gasteiger partial charge in [0.15, 0.2) is 0 Å². The largest absolute Gasteiger partial charge is 0.383 e. The van der Waals surface area contributed by atoms with Crippen molar-refractivity contribution in [3.8, 4) is 0 Å². The Bertz CT molecular complexity index is 281. The molecule has 0 aliphatic heterocycles. The van der Waals surface area contributed by atoms with E-state index in [0.717, 1.165) is 25.4 Å². The Hall–Kier alpha value is -0.640. The van der Waals surface area contributed by atoms with Gasteiger partial charge in [0.05, 0.1) is 12.3 Å². The zero-order chi connectivity index (χ0) is 10.4. The molecule has 14 heavy (non-hydrogen) atoms. The van der Waals surface area contributed by atoms with Crippen LogP contribution in [0.1, 0.15) is 5.69 Å². The molecule has 1 heterocycles. The lowest BCUT2D eigenvalue weighted by atomic mass is 10.3. The molecule has 3 nitrogen and oxygen atoms in total. The number of likely N-dealkylation sites (N-methyl/N-ethyl adjacent to an activating group) is 1. The Morgan fingerprint density at radius 1 is 1.50 bits per heavy atom. The first-order valence-electron chi connectivity index (χ1n) is 4.51. The third-order valence-electron chi connectivity index (χ3n) is 1.88. The van der Waals surface area contributed by atoms with Crippen LogP contribution in [0.15, 0.2) is 18.2 Å². The normalized spacial score (nSPS) is 10.9. The van der Waals surface area contributed by atoms with E-state index in [1.807, 2.05) is 19.2 Å². The second kappa shape index (κ2) is 5.96. The summed E-state index contributed by atoms with van der Waals surface area (Å²) < 4.78 is 4.99. The first-order chi connectivity index (χ1) is 6.72. The van der Waals surface area contributed by atoms with Gasteiger partial charge in [-0.3, -0.25) is 4.90 Å². The number of aromatic nitrogens is 1. The van der Waals surface area contributed by atoms with Crippen LogP contribution in [0.4, 0.5) is 0 Å². The Balaban J connectivity index is 2.43. The molecule has 0 saturated carbocycles. The smallest absolute Gasteiger partial charge is 0.129 e. The predicted octanol–water partition coefficient (Wildman–Crippen LogP) is 1.81. The van der Waals surface area contributed by atoms with E-state index in [1.54, 1.807) is 13.2 Å². The molecule has 0 radical (unpaired) electrons. The highest BCUT2D eigenvalue weighted by molar-refractivity contribution is 6.29. The van der Waals surface area contributed by atoms with Crippen LogP contribution in [-0.4, -0.2) is 37.2 Å². The fraction of sp³-hybridized carbons (Fsp3) is 0.500. The highest BCUT2D eigenvalue weighted by atomic mass is 35.5. The first kappa shape index (κ1) is 11.4. The predicted molar refractivity (Wildman–Crippen MR) is 57.5 cm³/mol. The lowest BCUT2D eigenvalue weighted by Gasteiger charge is -2.15. The monoisotopic (exact) mass is 214 g/mol. The first-order valence-corrected chi connectivity index (χ1v) is 4.89. The molecule has 0 aromatic carbocycles. The summed E-state index contributed by atoms with van der Waals surface area (Å²) in [5.41, 5.74) is 0.983. The summed E-state index contributed by atoms with van der Waals surface area (Å²) in [6.45, 7) is 2.42. The van der Waals surface area contributed by atoms with Crippen LogP contribution < -0.4 is 0 Å². The summed E-state index contributed by atoms with van der Waals surface area (Å²) in [4.78, 5) is 6.35. The second-order valence-corrected chi connectivity index (χ2v) is 3.57. The Morgan fingerprint density at radius 3 is 2.93 bits per heavy atom. The van der Waals surface area contributed by atoms with Gasteiger partial charge in [-0.1, -0.05) is 17.7 Å². The molecule has 0 aliphatic rings. The molecule has 0 unspecified atom stereocenters. The fourth-order valence-electron chi connectivity index (χ4n) is 1.14. The van der Waals surface area contributed by atoms with Crippen molar-refractivity contribution in [3.63, 3.8) is 0 Å². The Kier molecular flexibility index (Phi) is 4.87. The van der Waals surface area contributed by atoms with Gasteiger partial charge in [-0.05, 0) is 19.2 Å². The molecule has 0 spiro atoms. The average Bonchev–Trinajstić information content (AvgIpc) is 2.15. The third-order valence-corrected chi connectivity index (χ3v) is 2.09. The molecular weight excluding hydrogens is 200 g/mol. The maximum atomic E-state index is 5.78. The van der Waals surface area contributed by atoms with E-state index < -0.39 is 0 Å². The highest BCUT2D eigenvalue weighted by Crippen LogP contribution is 2.06. The third kappa shape index (κ3) is 4.05. The minimum Gasteiger partial charge on any atom is -0.383 e. The van der Waals surface area contributed by atoms with Gasteiger partial charge in [-0.15, -0.1) is 0 Å². The quantitative estimate of drug-likeness (QED) is 0.700. The molecule has 0 bridgehead atoms. The average molecular weight is 215 g/mol. The summed E-state index contributed by atoms with van der Waals surface area (Å²) in [7, 11) is 3.73. The fourth-order valence-corrected chi connectivity index (χ4v) is 1.32. The molecule has 1 rings (SSSR count). The molecule has 78 valence electrons. The van der Waals surface area contributed by atoms with E-state index in [0.29, 0.717) is 5.15 Å². The van der Waals surface area contributed by atoms with E-state index in [2.05, 4.69) is 9.88 Å². The van der Waals surface area contributed by atoms with Crippen molar-refractivity contribution in [3.05, 3.63) is 29.0 Å². The number of ether oxygens (including phenoxy) is 1. The standard InChI is InChI=1S/C10H15ClN2O/c1-13(6-7-14-2)8-9-4-3-5-10(11)12-9/h3-5H,6-8H2,1-2H3. The molecule has 0 fully saturated rings. The van der Waals surface area contributed by atoms with Crippen LogP contribution in [0.3, 0.4) is 0 Å². The van der Waals surface area contributed by atoms with Crippen molar-refractivity contribution in [2.24, 2.45) is 0 Å². The zero-order valence-corrected chi connectivity index (χ0v) is 9.29. The van der Waals surface area contributed by atoms with Gasteiger partial charge >= 0.3 is 0 Å². The number of hydrogen-bond donors (Lipinski definition) is 0. The van der Waals surface area contributed by atoms with Crippen LogP contribution in [0, 0.1) is 0 Å². The van der Waals surface area contributed by atoms with Crippen LogP contribution >= 0.6 is 11.6 Å². The SMILES string of the molecule is COCCN(C)Cc1cccc(Cl)n1. The maximum Gasteiger partial charge on any atom is 0.129 e. The van der Waals surface area contributed by atoms with Gasteiger partial charge in [0.25, 0.3) is 0 Å². The molecule has 4 heteroatoms. The molecule has 1 aromatic heterocycles. The number of halogens is 1. The summed E-state index contributed by atoms with van der Waals surface area (Å²) in [5.74, 6) is 0. The zero-order valence-electron chi connectivity index (χ0n) is 8.53. The van der Waals surface area contributed by atoms with Gasteiger partial charge in [0, 0.05) is 20.2 Å². The van der Waals surface area contributed by atoms with Gasteiger partial charge in [0.2, 0.25) is 0 Å². The number of methoxy groups -OCH3 is 1. The minimum absolute atomic E-state index is 0.544. The van der Waals surface area contributed by atoms with Crippen LogP contribution in [-0.2, 0) is 11.3 Å². The Morgan fingerprint density at radius 2 is 2.29 bits per heavy atom. The molecule has 0 saturated heterocycles. The van der Waals surface area contributed by atoms with Crippen molar-refractivity contribution >= 4 is 11.6 Å². The summed E-state index contributed by atoms with van der Waals surface area (Å²) in [6, 6.07) is 5.66. The van der Waals surface area contributed by atoms with E-state index in [9.17, 15) is 0 Å². The number of pyridine rings is 1. The van der Waals surface area contributed by atoms with E-state index in [4.69, 9.17) is 16.3 Å². The van der Waals surface area contributed by atoms with Gasteiger partial charge < -0.3 is 4.74 Å². The second-order valence-electron chi connectivity index (χ2n) is 3.18. The number of rotatable bonds is 5. The Labute approximate surface area is 89.7 Å². The molecule has 1 aromatic rings. The summed E-state index contributed by atoms with van der Waals surface area (Å²) >= 11 is 5.78. The van der Waals surface area contributed by atoms with Gasteiger partial charge in [-0.2, -0.15) is 0 Å². The molecular formula is C10H15ClN2O. The van der Waals surface area contributed by atoms with Crippen molar-refractivity contribution in [1.82, 2.24) is 9.88 Å². The lowest BCUT2D eigenvalue weighted by Crippen LogP contribution is -2.22. The van der Waals surface area contributed by atoms with Crippen molar-refractivity contribution < 1.29 is 4.74 Å². The lowest BCUT2D eigenvalue weighted by molar-refractivity contribution is 0.158. The van der Waals surface area contributed by atoms with E-state index in [1.165, 1.54) is 0 Å². The van der Waals surface area contributed by atoms with Crippen LogP contribution in [0.5, 0.6) is 0 Å². The molecule has 0 amide bonds. The molecule has 0 aliphatic carbocycles. The maximum absolute atomic E-state index is 5.78. The molecule has 0 N–H and O–H groups in total. The minimum atomic E-state index is 0.544. The summed E-state index contributed by atoms with van der Waals surface area (Å²) in [6.07, 6.45) is 0. The summed E-state index contributed by atoms with van der Waals surface area (Å²) in [5, 5.41) is 0.544. The van der Waals surface area contributed by atoms with Crippen molar-refractivity contribution in [1.29, 1.82) is 0 Å². The van der Waals surface area contributed by atoms with Crippen molar-refractivity contribution in [2.75, 3.05) is 27.3 Å². The van der Waals surface area contributed by atoms with Gasteiger partial charge in [-0.25, -0.2) is 4.98 Å². The van der Waals surface area contributed by atoms with Crippen molar-refractivity contribution in [2.45, 2.75) is 6.54 Å². The van der Waals surface area contributed by atoms with Crippen LogP contribution in [0.2, 0.25) is 5.15 Å². The number of hydrogen-bond acceptors (Lipinski definition) is 3. The van der Waals surface area contributed by atoms with Crippen LogP contribution in [0.25, 0.3) is 0 Å². The van der Waals surface area contributed by atoms with Gasteiger partial charge in [0.1, 0.15) is 5.15 Å².